The number of hydrogen-bond acceptors (Lipinski definition) is 7. The lowest BCUT2D eigenvalue weighted by Gasteiger charge is -2.33. The maximum absolute atomic E-state index is 5.73. The van der Waals surface area contributed by atoms with E-state index in [0.717, 1.165) is 35.9 Å². The zero-order valence-corrected chi connectivity index (χ0v) is 13.5. The van der Waals surface area contributed by atoms with Gasteiger partial charge >= 0.3 is 0 Å². The molecule has 1 saturated heterocycles. The summed E-state index contributed by atoms with van der Waals surface area (Å²) in [6, 6.07) is 1.92. The summed E-state index contributed by atoms with van der Waals surface area (Å²) in [4.78, 5) is 20.0. The van der Waals surface area contributed by atoms with Crippen LogP contribution in [0.15, 0.2) is 30.9 Å². The Morgan fingerprint density at radius 2 is 2.21 bits per heavy atom. The highest BCUT2D eigenvalue weighted by atomic mass is 16.5. The highest BCUT2D eigenvalue weighted by molar-refractivity contribution is 5.58. The molecule has 0 amide bonds. The third-order valence-electron chi connectivity index (χ3n) is 4.12. The molecule has 8 nitrogen and oxygen atoms in total. The molecule has 4 rings (SSSR count). The number of nitrogens with two attached hydrogens (primary N) is 1. The van der Waals surface area contributed by atoms with Crippen molar-refractivity contribution in [3.8, 4) is 11.5 Å². The lowest BCUT2D eigenvalue weighted by atomic mass is 10.2. The Bertz CT molecular complexity index is 863. The first-order chi connectivity index (χ1) is 11.7. The van der Waals surface area contributed by atoms with Crippen molar-refractivity contribution in [2.24, 2.45) is 5.73 Å². The van der Waals surface area contributed by atoms with Crippen molar-refractivity contribution in [2.45, 2.75) is 13.0 Å². The van der Waals surface area contributed by atoms with E-state index < -0.39 is 0 Å². The third-order valence-corrected chi connectivity index (χ3v) is 4.12. The summed E-state index contributed by atoms with van der Waals surface area (Å²) in [5.41, 5.74) is 8.26. The lowest BCUT2D eigenvalue weighted by Crippen LogP contribution is -2.46. The molecular formula is C16H19N7O. The minimum absolute atomic E-state index is 0.0432. The molecule has 4 heterocycles. The van der Waals surface area contributed by atoms with Crippen molar-refractivity contribution in [3.63, 3.8) is 0 Å². The highest BCUT2D eigenvalue weighted by Gasteiger charge is 2.21. The third kappa shape index (κ3) is 2.70. The second kappa shape index (κ2) is 6.14. The normalized spacial score (nSPS) is 18.2. The molecule has 1 fully saturated rings. The Balaban J connectivity index is 1.70. The van der Waals surface area contributed by atoms with Crippen LogP contribution in [0.2, 0.25) is 0 Å². The standard InChI is InChI=1S/C16H19N7O/c1-11-9-23-13(7-20-15(23)8-19-11)16-18-3-2-14(21-16)22-4-5-24-12(6-17)10-22/h2-3,7-9,12H,4-6,10,17H2,1H3/t12-/m1/s1. The van der Waals surface area contributed by atoms with Gasteiger partial charge in [0.25, 0.3) is 0 Å². The monoisotopic (exact) mass is 325 g/mol. The minimum Gasteiger partial charge on any atom is -0.373 e. The van der Waals surface area contributed by atoms with Gasteiger partial charge in [-0.25, -0.2) is 15.0 Å². The summed E-state index contributed by atoms with van der Waals surface area (Å²) >= 11 is 0. The first-order valence-corrected chi connectivity index (χ1v) is 7.94. The van der Waals surface area contributed by atoms with E-state index in [9.17, 15) is 0 Å². The van der Waals surface area contributed by atoms with E-state index in [1.807, 2.05) is 23.6 Å². The van der Waals surface area contributed by atoms with E-state index in [1.165, 1.54) is 0 Å². The van der Waals surface area contributed by atoms with Gasteiger partial charge in [-0.3, -0.25) is 9.38 Å². The summed E-state index contributed by atoms with van der Waals surface area (Å²) in [5.74, 6) is 1.52. The van der Waals surface area contributed by atoms with Crippen LogP contribution in [0.4, 0.5) is 5.82 Å². The Morgan fingerprint density at radius 3 is 3.08 bits per heavy atom. The van der Waals surface area contributed by atoms with Crippen molar-refractivity contribution in [3.05, 3.63) is 36.5 Å². The zero-order chi connectivity index (χ0) is 16.5. The Morgan fingerprint density at radius 1 is 1.29 bits per heavy atom. The molecule has 1 atom stereocenters. The van der Waals surface area contributed by atoms with E-state index >= 15 is 0 Å². The van der Waals surface area contributed by atoms with Gasteiger partial charge in [0.1, 0.15) is 11.5 Å². The molecule has 0 bridgehead atoms. The number of rotatable bonds is 3. The number of ether oxygens (including phenoxy) is 1. The van der Waals surface area contributed by atoms with Crippen LogP contribution in [0.25, 0.3) is 17.2 Å². The van der Waals surface area contributed by atoms with Crippen molar-refractivity contribution in [1.82, 2.24) is 24.3 Å². The van der Waals surface area contributed by atoms with Crippen LogP contribution < -0.4 is 10.6 Å². The number of hydrogen-bond donors (Lipinski definition) is 1. The second-order valence-electron chi connectivity index (χ2n) is 5.81. The number of imidazole rings is 1. The highest BCUT2D eigenvalue weighted by Crippen LogP contribution is 2.21. The summed E-state index contributed by atoms with van der Waals surface area (Å²) in [6.07, 6.45) is 7.28. The maximum Gasteiger partial charge on any atom is 0.180 e. The molecule has 1 aliphatic heterocycles. The van der Waals surface area contributed by atoms with Gasteiger partial charge in [-0.1, -0.05) is 0 Å². The molecule has 3 aromatic rings. The van der Waals surface area contributed by atoms with Gasteiger partial charge in [0, 0.05) is 32.0 Å². The maximum atomic E-state index is 5.73. The fourth-order valence-electron chi connectivity index (χ4n) is 2.87. The molecule has 24 heavy (non-hydrogen) atoms. The van der Waals surface area contributed by atoms with Crippen LogP contribution >= 0.6 is 0 Å². The number of anilines is 1. The van der Waals surface area contributed by atoms with E-state index in [4.69, 9.17) is 15.5 Å². The van der Waals surface area contributed by atoms with Gasteiger partial charge in [0.05, 0.1) is 30.8 Å². The molecule has 1 aliphatic rings. The van der Waals surface area contributed by atoms with Crippen molar-refractivity contribution >= 4 is 11.5 Å². The van der Waals surface area contributed by atoms with Crippen molar-refractivity contribution < 1.29 is 4.74 Å². The van der Waals surface area contributed by atoms with Gasteiger partial charge in [-0.15, -0.1) is 0 Å². The van der Waals surface area contributed by atoms with Crippen LogP contribution in [-0.2, 0) is 4.74 Å². The molecule has 2 N–H and O–H groups in total. The predicted octanol–water partition coefficient (Wildman–Crippen LogP) is 0.659. The molecule has 0 spiro atoms. The second-order valence-corrected chi connectivity index (χ2v) is 5.81. The van der Waals surface area contributed by atoms with E-state index in [1.54, 1.807) is 18.6 Å². The first-order valence-electron chi connectivity index (χ1n) is 7.94. The van der Waals surface area contributed by atoms with Gasteiger partial charge in [-0.05, 0) is 13.0 Å². The average molecular weight is 325 g/mol. The number of aromatic nitrogens is 5. The van der Waals surface area contributed by atoms with Gasteiger partial charge in [0.2, 0.25) is 0 Å². The zero-order valence-electron chi connectivity index (χ0n) is 13.5. The van der Waals surface area contributed by atoms with Crippen molar-refractivity contribution in [2.75, 3.05) is 31.1 Å². The molecule has 0 aromatic carbocycles. The summed E-state index contributed by atoms with van der Waals surface area (Å²) in [6.45, 7) is 4.64. The Hall–Kier alpha value is -2.58. The number of fused-ring (bicyclic) bond motifs is 1. The van der Waals surface area contributed by atoms with Gasteiger partial charge in [0.15, 0.2) is 11.5 Å². The summed E-state index contributed by atoms with van der Waals surface area (Å²) in [7, 11) is 0. The topological polar surface area (TPSA) is 94.5 Å². The molecule has 0 radical (unpaired) electrons. The first kappa shape index (κ1) is 15.0. The molecule has 124 valence electrons. The molecule has 0 aliphatic carbocycles. The van der Waals surface area contributed by atoms with E-state index in [2.05, 4.69) is 19.9 Å². The Labute approximate surface area is 139 Å². The lowest BCUT2D eigenvalue weighted by molar-refractivity contribution is 0.0463. The molecule has 3 aromatic heterocycles. The van der Waals surface area contributed by atoms with Crippen LogP contribution in [0.1, 0.15) is 5.69 Å². The minimum atomic E-state index is 0.0432. The average Bonchev–Trinajstić information content (AvgIpc) is 3.05. The smallest absolute Gasteiger partial charge is 0.180 e. The quantitative estimate of drug-likeness (QED) is 0.756. The van der Waals surface area contributed by atoms with E-state index in [-0.39, 0.29) is 6.10 Å². The van der Waals surface area contributed by atoms with Crippen LogP contribution in [0.5, 0.6) is 0 Å². The van der Waals surface area contributed by atoms with Crippen molar-refractivity contribution in [1.29, 1.82) is 0 Å². The number of aryl methyl sites for hydroxylation is 1. The fourth-order valence-corrected chi connectivity index (χ4v) is 2.87. The largest absolute Gasteiger partial charge is 0.373 e. The van der Waals surface area contributed by atoms with E-state index in [0.29, 0.717) is 19.0 Å². The Kier molecular flexibility index (Phi) is 3.83. The number of morpholine rings is 1. The predicted molar refractivity (Wildman–Crippen MR) is 89.8 cm³/mol. The molecule has 0 unspecified atom stereocenters. The summed E-state index contributed by atoms with van der Waals surface area (Å²) < 4.78 is 7.58. The van der Waals surface area contributed by atoms with Crippen LogP contribution in [0, 0.1) is 6.92 Å². The van der Waals surface area contributed by atoms with Gasteiger partial charge < -0.3 is 15.4 Å². The SMILES string of the molecule is Cc1cn2c(-c3nccc(N4CCO[C@H](CN)C4)n3)cnc2cn1. The summed E-state index contributed by atoms with van der Waals surface area (Å²) in [5, 5.41) is 0. The fraction of sp³-hybridized carbons (Fsp3) is 0.375. The molecule has 8 heteroatoms. The molecule has 0 saturated carbocycles. The van der Waals surface area contributed by atoms with Crippen LogP contribution in [0.3, 0.4) is 0 Å². The van der Waals surface area contributed by atoms with Crippen LogP contribution in [-0.4, -0.2) is 56.7 Å². The molecular weight excluding hydrogens is 306 g/mol. The van der Waals surface area contributed by atoms with Gasteiger partial charge in [-0.2, -0.15) is 0 Å². The number of nitrogens with zero attached hydrogens (tertiary/aromatic N) is 6.